The highest BCUT2D eigenvalue weighted by Crippen LogP contribution is 2.24. The fourth-order valence-corrected chi connectivity index (χ4v) is 2.75. The van der Waals surface area contributed by atoms with E-state index < -0.39 is 0 Å². The van der Waals surface area contributed by atoms with Crippen LogP contribution in [0.5, 0.6) is 0 Å². The molecule has 2 heterocycles. The van der Waals surface area contributed by atoms with E-state index in [0.717, 1.165) is 15.8 Å². The number of pyridine rings is 1. The first-order valence-corrected chi connectivity index (χ1v) is 7.07. The van der Waals surface area contributed by atoms with E-state index in [1.54, 1.807) is 0 Å². The fourth-order valence-electron chi connectivity index (χ4n) is 2.43. The van der Waals surface area contributed by atoms with Crippen LogP contribution in [0.1, 0.15) is 16.8 Å². The molecule has 2 aromatic heterocycles. The molecule has 0 bridgehead atoms. The molecule has 0 atom stereocenters. The first-order chi connectivity index (χ1) is 9.04. The van der Waals surface area contributed by atoms with Gasteiger partial charge in [-0.25, -0.2) is 4.98 Å². The standard InChI is InChI=1S/C16H15BrN2/c1-10-6-11(2)8-13(7-10)15-9-19-12(3)14(17)4-5-16(19)18-15/h4-9H,1-3H3. The summed E-state index contributed by atoms with van der Waals surface area (Å²) in [6, 6.07) is 10.6. The van der Waals surface area contributed by atoms with Gasteiger partial charge in [0.05, 0.1) is 5.69 Å². The first kappa shape index (κ1) is 12.4. The number of nitrogens with zero attached hydrogens (tertiary/aromatic N) is 2. The van der Waals surface area contributed by atoms with Crippen LogP contribution in [0, 0.1) is 20.8 Å². The minimum atomic E-state index is 0.981. The lowest BCUT2D eigenvalue weighted by atomic mass is 10.1. The zero-order valence-electron chi connectivity index (χ0n) is 11.2. The minimum Gasteiger partial charge on any atom is -0.303 e. The van der Waals surface area contributed by atoms with Crippen molar-refractivity contribution in [3.63, 3.8) is 0 Å². The molecule has 3 heteroatoms. The van der Waals surface area contributed by atoms with Crippen molar-refractivity contribution in [3.05, 3.63) is 57.8 Å². The van der Waals surface area contributed by atoms with E-state index in [1.807, 2.05) is 12.1 Å². The van der Waals surface area contributed by atoms with Crippen LogP contribution < -0.4 is 0 Å². The van der Waals surface area contributed by atoms with Gasteiger partial charge in [-0.1, -0.05) is 17.2 Å². The lowest BCUT2D eigenvalue weighted by molar-refractivity contribution is 1.08. The van der Waals surface area contributed by atoms with Crippen LogP contribution in [0.15, 0.2) is 41.0 Å². The monoisotopic (exact) mass is 314 g/mol. The number of rotatable bonds is 1. The Bertz CT molecular complexity index is 752. The molecule has 0 radical (unpaired) electrons. The topological polar surface area (TPSA) is 17.3 Å². The third kappa shape index (κ3) is 2.19. The lowest BCUT2D eigenvalue weighted by Crippen LogP contribution is -1.89. The van der Waals surface area contributed by atoms with Gasteiger partial charge in [-0.3, -0.25) is 0 Å². The van der Waals surface area contributed by atoms with Crippen LogP contribution >= 0.6 is 15.9 Å². The summed E-state index contributed by atoms with van der Waals surface area (Å²) in [4.78, 5) is 4.71. The molecule has 96 valence electrons. The van der Waals surface area contributed by atoms with E-state index in [9.17, 15) is 0 Å². The summed E-state index contributed by atoms with van der Waals surface area (Å²) in [5.41, 5.74) is 6.88. The molecule has 0 spiro atoms. The van der Waals surface area contributed by atoms with E-state index in [2.05, 4.69) is 65.5 Å². The van der Waals surface area contributed by atoms with Gasteiger partial charge in [0.25, 0.3) is 0 Å². The maximum absolute atomic E-state index is 4.71. The van der Waals surface area contributed by atoms with Gasteiger partial charge in [0, 0.05) is 21.9 Å². The van der Waals surface area contributed by atoms with Gasteiger partial charge in [0.1, 0.15) is 5.65 Å². The first-order valence-electron chi connectivity index (χ1n) is 6.27. The summed E-state index contributed by atoms with van der Waals surface area (Å²) in [7, 11) is 0. The fraction of sp³-hybridized carbons (Fsp3) is 0.188. The van der Waals surface area contributed by atoms with Crippen molar-refractivity contribution in [2.75, 3.05) is 0 Å². The lowest BCUT2D eigenvalue weighted by Gasteiger charge is -2.01. The summed E-state index contributed by atoms with van der Waals surface area (Å²) in [6.07, 6.45) is 2.10. The van der Waals surface area contributed by atoms with Gasteiger partial charge in [0.15, 0.2) is 0 Å². The number of fused-ring (bicyclic) bond motifs is 1. The number of halogens is 1. The molecule has 1 aromatic carbocycles. The smallest absolute Gasteiger partial charge is 0.137 e. The number of imidazole rings is 1. The quantitative estimate of drug-likeness (QED) is 0.637. The molecule has 0 fully saturated rings. The third-order valence-electron chi connectivity index (χ3n) is 3.34. The van der Waals surface area contributed by atoms with Crippen molar-refractivity contribution in [1.82, 2.24) is 9.38 Å². The summed E-state index contributed by atoms with van der Waals surface area (Å²) in [6.45, 7) is 6.33. The Labute approximate surface area is 121 Å². The van der Waals surface area contributed by atoms with Gasteiger partial charge < -0.3 is 4.40 Å². The molecular formula is C16H15BrN2. The number of aryl methyl sites for hydroxylation is 3. The molecule has 3 aromatic rings. The number of benzene rings is 1. The number of hydrogen-bond acceptors (Lipinski definition) is 1. The van der Waals surface area contributed by atoms with Crippen molar-refractivity contribution < 1.29 is 0 Å². The molecule has 0 saturated heterocycles. The molecule has 0 aliphatic carbocycles. The zero-order chi connectivity index (χ0) is 13.6. The Kier molecular flexibility index (Phi) is 2.94. The second-order valence-corrected chi connectivity index (χ2v) is 5.85. The SMILES string of the molecule is Cc1cc(C)cc(-c2cn3c(C)c(Br)ccc3n2)c1. The minimum absolute atomic E-state index is 0.981. The van der Waals surface area contributed by atoms with Crippen LogP contribution in [-0.4, -0.2) is 9.38 Å². The van der Waals surface area contributed by atoms with Crippen molar-refractivity contribution in [1.29, 1.82) is 0 Å². The molecular weight excluding hydrogens is 300 g/mol. The van der Waals surface area contributed by atoms with Crippen molar-refractivity contribution >= 4 is 21.6 Å². The molecule has 19 heavy (non-hydrogen) atoms. The highest BCUT2D eigenvalue weighted by Gasteiger charge is 2.08. The molecule has 0 unspecified atom stereocenters. The zero-order valence-corrected chi connectivity index (χ0v) is 12.8. The molecule has 0 aliphatic heterocycles. The number of hydrogen-bond donors (Lipinski definition) is 0. The Morgan fingerprint density at radius 2 is 1.68 bits per heavy atom. The van der Waals surface area contributed by atoms with Crippen LogP contribution in [0.25, 0.3) is 16.9 Å². The van der Waals surface area contributed by atoms with Crippen molar-refractivity contribution in [3.8, 4) is 11.3 Å². The average Bonchev–Trinajstić information content (AvgIpc) is 2.77. The van der Waals surface area contributed by atoms with Crippen LogP contribution in [0.4, 0.5) is 0 Å². The van der Waals surface area contributed by atoms with Gasteiger partial charge >= 0.3 is 0 Å². The van der Waals surface area contributed by atoms with Gasteiger partial charge in [-0.15, -0.1) is 0 Å². The van der Waals surface area contributed by atoms with Gasteiger partial charge in [0.2, 0.25) is 0 Å². The van der Waals surface area contributed by atoms with E-state index >= 15 is 0 Å². The maximum atomic E-state index is 4.71. The van der Waals surface area contributed by atoms with Crippen molar-refractivity contribution in [2.24, 2.45) is 0 Å². The number of aromatic nitrogens is 2. The predicted molar refractivity (Wildman–Crippen MR) is 82.5 cm³/mol. The molecule has 0 aliphatic rings. The Balaban J connectivity index is 2.23. The summed E-state index contributed by atoms with van der Waals surface area (Å²) in [5.74, 6) is 0. The van der Waals surface area contributed by atoms with E-state index in [0.29, 0.717) is 0 Å². The second kappa shape index (κ2) is 4.49. The van der Waals surface area contributed by atoms with Crippen molar-refractivity contribution in [2.45, 2.75) is 20.8 Å². The Morgan fingerprint density at radius 3 is 2.37 bits per heavy atom. The Morgan fingerprint density at radius 1 is 1.00 bits per heavy atom. The van der Waals surface area contributed by atoms with E-state index in [-0.39, 0.29) is 0 Å². The normalized spacial score (nSPS) is 11.2. The Hall–Kier alpha value is -1.61. The third-order valence-corrected chi connectivity index (χ3v) is 4.17. The van der Waals surface area contributed by atoms with Crippen LogP contribution in [0.3, 0.4) is 0 Å². The molecule has 0 amide bonds. The molecule has 0 N–H and O–H groups in total. The predicted octanol–water partition coefficient (Wildman–Crippen LogP) is 4.69. The molecule has 0 saturated carbocycles. The highest BCUT2D eigenvalue weighted by molar-refractivity contribution is 9.10. The summed E-state index contributed by atoms with van der Waals surface area (Å²) in [5, 5.41) is 0. The van der Waals surface area contributed by atoms with E-state index in [1.165, 1.54) is 22.4 Å². The largest absolute Gasteiger partial charge is 0.303 e. The molecule has 2 nitrogen and oxygen atoms in total. The van der Waals surface area contributed by atoms with Crippen LogP contribution in [-0.2, 0) is 0 Å². The second-order valence-electron chi connectivity index (χ2n) is 5.00. The maximum Gasteiger partial charge on any atom is 0.137 e. The summed E-state index contributed by atoms with van der Waals surface area (Å²) >= 11 is 3.56. The van der Waals surface area contributed by atoms with Crippen LogP contribution in [0.2, 0.25) is 0 Å². The average molecular weight is 315 g/mol. The summed E-state index contributed by atoms with van der Waals surface area (Å²) < 4.78 is 3.22. The highest BCUT2D eigenvalue weighted by atomic mass is 79.9. The molecule has 3 rings (SSSR count). The van der Waals surface area contributed by atoms with E-state index in [4.69, 9.17) is 4.98 Å². The van der Waals surface area contributed by atoms with Gasteiger partial charge in [-0.05, 0) is 61.0 Å². The van der Waals surface area contributed by atoms with Gasteiger partial charge in [-0.2, -0.15) is 0 Å².